The van der Waals surface area contributed by atoms with Crippen molar-refractivity contribution in [1.29, 1.82) is 0 Å². The summed E-state index contributed by atoms with van der Waals surface area (Å²) in [5.41, 5.74) is 7.10. The zero-order chi connectivity index (χ0) is 14.5. The number of carbonyl (C=O) groups excluding carboxylic acids is 1. The zero-order valence-corrected chi connectivity index (χ0v) is 12.6. The average Bonchev–Trinajstić information content (AvgIpc) is 2.98. The minimum absolute atomic E-state index is 0.0804. The molecule has 3 nitrogen and oxygen atoms in total. The Morgan fingerprint density at radius 3 is 2.40 bits per heavy atom. The van der Waals surface area contributed by atoms with E-state index < -0.39 is 6.04 Å². The van der Waals surface area contributed by atoms with Gasteiger partial charge in [-0.15, -0.1) is 0 Å². The van der Waals surface area contributed by atoms with E-state index in [2.05, 4.69) is 13.8 Å². The molecule has 0 saturated heterocycles. The van der Waals surface area contributed by atoms with E-state index in [1.807, 2.05) is 35.2 Å². The topological polar surface area (TPSA) is 46.3 Å². The highest BCUT2D eigenvalue weighted by Gasteiger charge is 2.30. The van der Waals surface area contributed by atoms with Crippen LogP contribution in [0.3, 0.4) is 0 Å². The average molecular weight is 274 g/mol. The van der Waals surface area contributed by atoms with Crippen molar-refractivity contribution in [2.75, 3.05) is 6.54 Å². The molecule has 1 aliphatic rings. The van der Waals surface area contributed by atoms with Gasteiger partial charge in [-0.3, -0.25) is 4.79 Å². The number of amides is 1. The van der Waals surface area contributed by atoms with Crippen LogP contribution in [0, 0.1) is 5.92 Å². The molecule has 0 aliphatic heterocycles. The molecule has 0 radical (unpaired) electrons. The third-order valence-corrected chi connectivity index (χ3v) is 4.04. The molecule has 1 amide bonds. The van der Waals surface area contributed by atoms with Crippen molar-refractivity contribution in [2.45, 2.75) is 51.6 Å². The lowest BCUT2D eigenvalue weighted by atomic mass is 10.0. The van der Waals surface area contributed by atoms with Crippen LogP contribution >= 0.6 is 0 Å². The summed E-state index contributed by atoms with van der Waals surface area (Å²) in [5.74, 6) is 0.555. The Morgan fingerprint density at radius 1 is 1.25 bits per heavy atom. The van der Waals surface area contributed by atoms with Gasteiger partial charge in [0.15, 0.2) is 0 Å². The third-order valence-electron chi connectivity index (χ3n) is 4.04. The van der Waals surface area contributed by atoms with E-state index in [0.29, 0.717) is 12.0 Å². The molecule has 0 unspecified atom stereocenters. The molecule has 110 valence electrons. The summed E-state index contributed by atoms with van der Waals surface area (Å²) in [7, 11) is 0. The fourth-order valence-electron chi connectivity index (χ4n) is 3.01. The van der Waals surface area contributed by atoms with Gasteiger partial charge >= 0.3 is 0 Å². The van der Waals surface area contributed by atoms with Crippen LogP contribution in [0.5, 0.6) is 0 Å². The molecule has 1 aliphatic carbocycles. The highest BCUT2D eigenvalue weighted by molar-refractivity contribution is 5.83. The van der Waals surface area contributed by atoms with Crippen molar-refractivity contribution in [1.82, 2.24) is 4.90 Å². The lowest BCUT2D eigenvalue weighted by molar-refractivity contribution is -0.135. The summed E-state index contributed by atoms with van der Waals surface area (Å²) in [6, 6.07) is 9.55. The van der Waals surface area contributed by atoms with Gasteiger partial charge in [-0.1, -0.05) is 57.0 Å². The third kappa shape index (κ3) is 3.60. The Kier molecular flexibility index (Phi) is 5.18. The molecule has 1 atom stereocenters. The molecule has 20 heavy (non-hydrogen) atoms. The van der Waals surface area contributed by atoms with Gasteiger partial charge in [-0.25, -0.2) is 0 Å². The number of hydrogen-bond donors (Lipinski definition) is 1. The Bertz CT molecular complexity index is 424. The highest BCUT2D eigenvalue weighted by atomic mass is 16.2. The Labute approximate surface area is 122 Å². The first-order valence-corrected chi connectivity index (χ1v) is 7.70. The molecular weight excluding hydrogens is 248 g/mol. The first-order valence-electron chi connectivity index (χ1n) is 7.70. The fourth-order valence-corrected chi connectivity index (χ4v) is 3.01. The minimum Gasteiger partial charge on any atom is -0.338 e. The second-order valence-electron chi connectivity index (χ2n) is 6.21. The largest absolute Gasteiger partial charge is 0.338 e. The molecule has 1 aromatic carbocycles. The number of carbonyl (C=O) groups is 1. The van der Waals surface area contributed by atoms with Crippen LogP contribution in [-0.2, 0) is 4.79 Å². The van der Waals surface area contributed by atoms with Crippen LogP contribution in [0.1, 0.15) is 51.1 Å². The first-order chi connectivity index (χ1) is 9.59. The number of benzene rings is 1. The van der Waals surface area contributed by atoms with Crippen molar-refractivity contribution >= 4 is 5.91 Å². The lowest BCUT2D eigenvalue weighted by Gasteiger charge is -2.32. The smallest absolute Gasteiger partial charge is 0.244 e. The molecular formula is C17H26N2O. The quantitative estimate of drug-likeness (QED) is 0.896. The summed E-state index contributed by atoms with van der Waals surface area (Å²) in [4.78, 5) is 14.8. The van der Waals surface area contributed by atoms with Crippen LogP contribution in [0.2, 0.25) is 0 Å². The van der Waals surface area contributed by atoms with Gasteiger partial charge in [0.25, 0.3) is 0 Å². The predicted octanol–water partition coefficient (Wildman–Crippen LogP) is 3.11. The molecule has 1 aromatic rings. The number of rotatable bonds is 5. The zero-order valence-electron chi connectivity index (χ0n) is 12.6. The maximum absolute atomic E-state index is 12.8. The van der Waals surface area contributed by atoms with Crippen LogP contribution in [0.4, 0.5) is 0 Å². The van der Waals surface area contributed by atoms with Gasteiger partial charge in [0.2, 0.25) is 5.91 Å². The molecule has 1 saturated carbocycles. The van der Waals surface area contributed by atoms with Crippen molar-refractivity contribution in [3.8, 4) is 0 Å². The number of nitrogens with zero attached hydrogens (tertiary/aromatic N) is 1. The Balaban J connectivity index is 2.13. The second kappa shape index (κ2) is 6.89. The van der Waals surface area contributed by atoms with E-state index in [1.165, 1.54) is 12.8 Å². The van der Waals surface area contributed by atoms with Gasteiger partial charge in [-0.05, 0) is 24.3 Å². The van der Waals surface area contributed by atoms with Crippen LogP contribution in [0.25, 0.3) is 0 Å². The van der Waals surface area contributed by atoms with Gasteiger partial charge in [0.05, 0.1) is 0 Å². The Hall–Kier alpha value is -1.35. The molecule has 2 rings (SSSR count). The fraction of sp³-hybridized carbons (Fsp3) is 0.588. The highest BCUT2D eigenvalue weighted by Crippen LogP contribution is 2.26. The summed E-state index contributed by atoms with van der Waals surface area (Å²) in [6.45, 7) is 5.12. The van der Waals surface area contributed by atoms with Gasteiger partial charge in [-0.2, -0.15) is 0 Å². The van der Waals surface area contributed by atoms with E-state index >= 15 is 0 Å². The number of hydrogen-bond acceptors (Lipinski definition) is 2. The molecule has 3 heteroatoms. The second-order valence-corrected chi connectivity index (χ2v) is 6.21. The van der Waals surface area contributed by atoms with Crippen molar-refractivity contribution in [3.63, 3.8) is 0 Å². The van der Waals surface area contributed by atoms with Crippen molar-refractivity contribution in [3.05, 3.63) is 35.9 Å². The van der Waals surface area contributed by atoms with Crippen LogP contribution in [-0.4, -0.2) is 23.4 Å². The molecule has 0 spiro atoms. The summed E-state index contributed by atoms with van der Waals surface area (Å²) >= 11 is 0. The van der Waals surface area contributed by atoms with E-state index in [0.717, 1.165) is 24.9 Å². The molecule has 0 aromatic heterocycles. The molecule has 1 fully saturated rings. The van der Waals surface area contributed by atoms with Gasteiger partial charge < -0.3 is 10.6 Å². The SMILES string of the molecule is CC(C)CN(C(=O)[C@@H](N)c1ccccc1)C1CCCC1. The molecule has 2 N–H and O–H groups in total. The summed E-state index contributed by atoms with van der Waals surface area (Å²) in [6.07, 6.45) is 4.71. The van der Waals surface area contributed by atoms with E-state index in [1.54, 1.807) is 0 Å². The van der Waals surface area contributed by atoms with E-state index in [-0.39, 0.29) is 5.91 Å². The predicted molar refractivity (Wildman–Crippen MR) is 82.2 cm³/mol. The van der Waals surface area contributed by atoms with Gasteiger partial charge in [0.1, 0.15) is 6.04 Å². The van der Waals surface area contributed by atoms with Gasteiger partial charge in [0, 0.05) is 12.6 Å². The normalized spacial score (nSPS) is 17.4. The maximum Gasteiger partial charge on any atom is 0.244 e. The summed E-state index contributed by atoms with van der Waals surface area (Å²) < 4.78 is 0. The molecule has 0 heterocycles. The van der Waals surface area contributed by atoms with E-state index in [4.69, 9.17) is 5.73 Å². The van der Waals surface area contributed by atoms with Crippen molar-refractivity contribution < 1.29 is 4.79 Å². The Morgan fingerprint density at radius 2 is 1.85 bits per heavy atom. The van der Waals surface area contributed by atoms with Crippen LogP contribution < -0.4 is 5.73 Å². The van der Waals surface area contributed by atoms with E-state index in [9.17, 15) is 4.79 Å². The maximum atomic E-state index is 12.8. The summed E-state index contributed by atoms with van der Waals surface area (Å²) in [5, 5.41) is 0. The van der Waals surface area contributed by atoms with Crippen LogP contribution in [0.15, 0.2) is 30.3 Å². The molecule has 0 bridgehead atoms. The monoisotopic (exact) mass is 274 g/mol. The van der Waals surface area contributed by atoms with Crippen molar-refractivity contribution in [2.24, 2.45) is 11.7 Å². The minimum atomic E-state index is -0.532. The standard InChI is InChI=1S/C17H26N2O/c1-13(2)12-19(15-10-6-7-11-15)17(20)16(18)14-8-4-3-5-9-14/h3-5,8-9,13,15-16H,6-7,10-12,18H2,1-2H3/t16-/m0/s1. The number of nitrogens with two attached hydrogens (primary N) is 1. The first kappa shape index (κ1) is 15.0. The lowest BCUT2D eigenvalue weighted by Crippen LogP contribution is -2.45.